The Kier molecular flexibility index (Phi) is 4.05. The van der Waals surface area contributed by atoms with Gasteiger partial charge in [-0.05, 0) is 23.8 Å². The number of ether oxygens (including phenoxy) is 1. The zero-order valence-corrected chi connectivity index (χ0v) is 13.6. The Morgan fingerprint density at radius 3 is 2.44 bits per heavy atom. The van der Waals surface area contributed by atoms with Crippen molar-refractivity contribution in [1.82, 2.24) is 29.7 Å². The highest BCUT2D eigenvalue weighted by atomic mass is 16.5. The molecule has 0 spiro atoms. The number of methoxy groups -OCH3 is 1. The molecule has 1 N–H and O–H groups in total. The lowest BCUT2D eigenvalue weighted by Gasteiger charge is -2.09. The van der Waals surface area contributed by atoms with Crippen LogP contribution < -0.4 is 0 Å². The minimum atomic E-state index is 0.393. The van der Waals surface area contributed by atoms with Crippen molar-refractivity contribution in [3.63, 3.8) is 0 Å². The highest BCUT2D eigenvalue weighted by molar-refractivity contribution is 5.62. The number of imidazole rings is 1. The number of aromatic amines is 1. The van der Waals surface area contributed by atoms with E-state index in [1.54, 1.807) is 31.9 Å². The van der Waals surface area contributed by atoms with Crippen molar-refractivity contribution >= 4 is 0 Å². The molecule has 0 radical (unpaired) electrons. The van der Waals surface area contributed by atoms with Crippen LogP contribution in [0.15, 0.2) is 61.3 Å². The fourth-order valence-corrected chi connectivity index (χ4v) is 2.62. The predicted molar refractivity (Wildman–Crippen MR) is 92.9 cm³/mol. The smallest absolute Gasteiger partial charge is 0.153 e. The van der Waals surface area contributed by atoms with Gasteiger partial charge in [0.2, 0.25) is 0 Å². The van der Waals surface area contributed by atoms with E-state index in [4.69, 9.17) is 4.74 Å². The summed E-state index contributed by atoms with van der Waals surface area (Å²) in [5, 5.41) is 6.95. The molecular weight excluding hydrogens is 316 g/mol. The van der Waals surface area contributed by atoms with Crippen LogP contribution in [-0.4, -0.2) is 36.8 Å². The Morgan fingerprint density at radius 1 is 0.960 bits per heavy atom. The first-order chi connectivity index (χ1) is 12.3. The summed E-state index contributed by atoms with van der Waals surface area (Å²) in [5.41, 5.74) is 3.92. The number of hydrogen-bond acceptors (Lipinski definition) is 5. The zero-order valence-electron chi connectivity index (χ0n) is 13.6. The molecule has 1 aromatic carbocycles. The minimum absolute atomic E-state index is 0.393. The number of benzene rings is 1. The van der Waals surface area contributed by atoms with Gasteiger partial charge in [0.25, 0.3) is 0 Å². The van der Waals surface area contributed by atoms with Gasteiger partial charge in [-0.3, -0.25) is 9.67 Å². The summed E-state index contributed by atoms with van der Waals surface area (Å²) < 4.78 is 7.05. The minimum Gasteiger partial charge on any atom is -0.377 e. The molecule has 0 bridgehead atoms. The molecule has 0 unspecified atom stereocenters. The first-order valence-corrected chi connectivity index (χ1v) is 7.79. The van der Waals surface area contributed by atoms with Crippen LogP contribution in [0.3, 0.4) is 0 Å². The monoisotopic (exact) mass is 332 g/mol. The maximum Gasteiger partial charge on any atom is 0.153 e. The van der Waals surface area contributed by atoms with Crippen molar-refractivity contribution in [2.45, 2.75) is 6.61 Å². The van der Waals surface area contributed by atoms with Gasteiger partial charge in [0.1, 0.15) is 12.4 Å². The Balaban J connectivity index is 1.65. The molecular formula is C18H16N6O. The van der Waals surface area contributed by atoms with Crippen LogP contribution in [0.1, 0.15) is 5.82 Å². The third-order valence-corrected chi connectivity index (χ3v) is 3.83. The van der Waals surface area contributed by atoms with E-state index in [1.165, 1.54) is 0 Å². The first-order valence-electron chi connectivity index (χ1n) is 7.79. The van der Waals surface area contributed by atoms with Crippen LogP contribution >= 0.6 is 0 Å². The van der Waals surface area contributed by atoms with E-state index in [9.17, 15) is 0 Å². The van der Waals surface area contributed by atoms with Crippen molar-refractivity contribution in [2.24, 2.45) is 0 Å². The highest BCUT2D eigenvalue weighted by Gasteiger charge is 2.09. The Hall–Kier alpha value is -3.32. The van der Waals surface area contributed by atoms with Crippen molar-refractivity contribution in [2.75, 3.05) is 7.11 Å². The largest absolute Gasteiger partial charge is 0.377 e. The zero-order chi connectivity index (χ0) is 17.1. The van der Waals surface area contributed by atoms with Crippen molar-refractivity contribution < 1.29 is 4.74 Å². The lowest BCUT2D eigenvalue weighted by atomic mass is 10.1. The molecule has 0 saturated carbocycles. The van der Waals surface area contributed by atoms with Gasteiger partial charge in [-0.25, -0.2) is 15.0 Å². The molecule has 4 rings (SSSR count). The SMILES string of the molecule is COCc1ncc(-c2nccn2-c2ccc(-c3ccn[nH]3)cc2)cn1. The molecule has 0 fully saturated rings. The number of hydrogen-bond donors (Lipinski definition) is 1. The molecule has 7 nitrogen and oxygen atoms in total. The van der Waals surface area contributed by atoms with Gasteiger partial charge in [-0.15, -0.1) is 0 Å². The second-order valence-electron chi connectivity index (χ2n) is 5.46. The standard InChI is InChI=1S/C18H16N6O/c1-25-12-17-20-10-14(11-21-17)18-19-8-9-24(18)15-4-2-13(3-5-15)16-6-7-22-23-16/h2-11H,12H2,1H3,(H,22,23). The van der Waals surface area contributed by atoms with Crippen molar-refractivity contribution in [3.05, 3.63) is 67.1 Å². The normalized spacial score (nSPS) is 10.9. The van der Waals surface area contributed by atoms with Crippen molar-refractivity contribution in [1.29, 1.82) is 0 Å². The van der Waals surface area contributed by atoms with Gasteiger partial charge in [0.15, 0.2) is 5.82 Å². The molecule has 0 atom stereocenters. The van der Waals surface area contributed by atoms with E-state index in [1.807, 2.05) is 41.1 Å². The highest BCUT2D eigenvalue weighted by Crippen LogP contribution is 2.23. The fraction of sp³-hybridized carbons (Fsp3) is 0.111. The van der Waals surface area contributed by atoms with E-state index >= 15 is 0 Å². The molecule has 0 aliphatic rings. The van der Waals surface area contributed by atoms with Crippen molar-refractivity contribution in [3.8, 4) is 28.3 Å². The van der Waals surface area contributed by atoms with Gasteiger partial charge in [0, 0.05) is 43.8 Å². The van der Waals surface area contributed by atoms with E-state index in [0.29, 0.717) is 12.4 Å². The molecule has 25 heavy (non-hydrogen) atoms. The van der Waals surface area contributed by atoms with Gasteiger partial charge in [0.05, 0.1) is 11.3 Å². The molecule has 0 aliphatic heterocycles. The summed E-state index contributed by atoms with van der Waals surface area (Å²) in [6.07, 6.45) is 8.95. The molecule has 0 amide bonds. The second kappa shape index (κ2) is 6.66. The van der Waals surface area contributed by atoms with Crippen LogP contribution in [0.4, 0.5) is 0 Å². The summed E-state index contributed by atoms with van der Waals surface area (Å²) in [4.78, 5) is 13.1. The van der Waals surface area contributed by atoms with E-state index in [0.717, 1.165) is 28.3 Å². The molecule has 0 saturated heterocycles. The van der Waals surface area contributed by atoms with Crippen LogP contribution in [-0.2, 0) is 11.3 Å². The number of aromatic nitrogens is 6. The Morgan fingerprint density at radius 2 is 1.76 bits per heavy atom. The van der Waals surface area contributed by atoms with Crippen LogP contribution in [0.25, 0.3) is 28.3 Å². The van der Waals surface area contributed by atoms with Gasteiger partial charge < -0.3 is 4.74 Å². The molecule has 7 heteroatoms. The molecule has 0 aliphatic carbocycles. The molecule has 3 aromatic heterocycles. The maximum absolute atomic E-state index is 5.04. The van der Waals surface area contributed by atoms with E-state index < -0.39 is 0 Å². The van der Waals surface area contributed by atoms with E-state index in [2.05, 4.69) is 25.1 Å². The third kappa shape index (κ3) is 3.05. The average molecular weight is 332 g/mol. The number of nitrogens with zero attached hydrogens (tertiary/aromatic N) is 5. The van der Waals surface area contributed by atoms with E-state index in [-0.39, 0.29) is 0 Å². The topological polar surface area (TPSA) is 81.5 Å². The average Bonchev–Trinajstić information content (AvgIpc) is 3.35. The lowest BCUT2D eigenvalue weighted by Crippen LogP contribution is -2.00. The fourth-order valence-electron chi connectivity index (χ4n) is 2.62. The summed E-state index contributed by atoms with van der Waals surface area (Å²) in [7, 11) is 1.62. The summed E-state index contributed by atoms with van der Waals surface area (Å²) in [5.74, 6) is 1.44. The quantitative estimate of drug-likeness (QED) is 0.608. The lowest BCUT2D eigenvalue weighted by molar-refractivity contribution is 0.178. The molecule has 3 heterocycles. The summed E-state index contributed by atoms with van der Waals surface area (Å²) >= 11 is 0. The Bertz CT molecular complexity index is 942. The van der Waals surface area contributed by atoms with Gasteiger partial charge >= 0.3 is 0 Å². The number of H-pyrrole nitrogens is 1. The van der Waals surface area contributed by atoms with Gasteiger partial charge in [-0.2, -0.15) is 5.10 Å². The second-order valence-corrected chi connectivity index (χ2v) is 5.46. The van der Waals surface area contributed by atoms with Crippen LogP contribution in [0.2, 0.25) is 0 Å². The van der Waals surface area contributed by atoms with Crippen LogP contribution in [0, 0.1) is 0 Å². The number of rotatable bonds is 5. The number of nitrogens with one attached hydrogen (secondary N) is 1. The predicted octanol–water partition coefficient (Wildman–Crippen LogP) is 2.87. The Labute approximate surface area is 144 Å². The van der Waals surface area contributed by atoms with Crippen LogP contribution in [0.5, 0.6) is 0 Å². The maximum atomic E-state index is 5.04. The molecule has 124 valence electrons. The summed E-state index contributed by atoms with van der Waals surface area (Å²) in [6, 6.07) is 10.1. The molecule has 4 aromatic rings. The first kappa shape index (κ1) is 15.2. The summed E-state index contributed by atoms with van der Waals surface area (Å²) in [6.45, 7) is 0.393. The van der Waals surface area contributed by atoms with Gasteiger partial charge in [-0.1, -0.05) is 12.1 Å². The third-order valence-electron chi connectivity index (χ3n) is 3.83.